The van der Waals surface area contributed by atoms with E-state index in [9.17, 15) is 68.7 Å². The van der Waals surface area contributed by atoms with Crippen LogP contribution in [0.25, 0.3) is 0 Å². The molecule has 14 atom stereocenters. The minimum absolute atomic E-state index is 0.0234. The number of amides is 2. The van der Waals surface area contributed by atoms with Crippen molar-refractivity contribution in [2.45, 2.75) is 149 Å². The number of carbonyl (C=O) groups excluding carboxylic acids is 8. The number of likely N-dealkylation sites (tertiary alicyclic amines) is 4. The fourth-order valence-corrected chi connectivity index (χ4v) is 17.9. The number of rotatable bonds is 39. The molecule has 8 saturated heterocycles. The molecule has 2 amide bonds. The number of hydrogen-bond acceptors (Lipinski definition) is 33. The Labute approximate surface area is 864 Å². The molecule has 8 unspecified atom stereocenters. The number of halogens is 1. The van der Waals surface area contributed by atoms with Crippen molar-refractivity contribution in [3.8, 4) is 0 Å². The summed E-state index contributed by atoms with van der Waals surface area (Å²) in [6.07, 6.45) is 10.5. The number of fused-ring (bicyclic) bond motifs is 4. The van der Waals surface area contributed by atoms with Gasteiger partial charge in [0.2, 0.25) is 34.8 Å². The van der Waals surface area contributed by atoms with E-state index in [1.54, 1.807) is 77.0 Å². The standard InChI is InChI=1S/C16H21BN2O3.C15H20N2O4.C15H22N2O2.C14H19BN2O2.C13H17NO2.C9H9NO4.C7H15BN2O.C6H9BrO2.C6H12N2.C2H5NO3/c1-2-22-15(20)8-13-10-19(11-14(13)18-16(17)21)9-12-6-4-3-5-7-12;1-2-21-15(18)8-13-10-16(11-14(13)17(19)20)9-12-6-4-3-5-7-12;1-2-19-15(18)8-13-10-17(11-14(13)16)9-12-6-4-3-5-7-12;15-14(19)16-13-10-17(9-12(13)6-7-18)8-11-4-2-1-3-5-11;1-2-16-13(15)9-6-10-14-11-12-7-4-3-5-8-12;11-9(14-7-6-10(12)13)8-4-2-1-3-5-8;1-8(11)9-7-5-10-3-2-6(7)4-10;1-2-9-6(8)4-3-5-7;7-6-4-8-2-1-5(6)3-8;4-2-1-3(5)6/h3-7,13-14H,2,8-11H2,1H3,(H,18,21);3-7,13-14H,2,8-11H2,1H3;3-7,13-14H,2,8-11,16H2,1H3;1-5,12-13,18H,6-10H2,(H,16,19);3-9,14H,2,10-11H2,1H3;1-5H,6-7H2;6-7,9,11H,2-5H2,1H3;3-4H,2,5H2,1H3;5-6H,1-4,7H2;4H,1-2H2/b;;;;9-6+;;;4-3+;;/t13-,14?;2*13-,14-;12-,13?;;;;;;/m0000....../s1. The third-order valence-corrected chi connectivity index (χ3v) is 24.7. The minimum Gasteiger partial charge on any atom is -0.466 e. The normalized spacial score (nSPS) is 21.7. The van der Waals surface area contributed by atoms with Crippen molar-refractivity contribution in [1.29, 1.82) is 0 Å². The number of nitrogens with two attached hydrogens (primary N) is 2. The molecule has 8 aliphatic heterocycles. The van der Waals surface area contributed by atoms with Crippen LogP contribution in [0.3, 0.4) is 0 Å². The molecule has 6 aromatic rings. The molecular formula is C103H149B3BrN15O23. The van der Waals surface area contributed by atoms with Crippen LogP contribution in [0.2, 0.25) is 6.82 Å². The Balaban J connectivity index is 0.000000289. The number of piperidine rings is 2. The number of carbonyl (C=O) groups is 8. The Bertz CT molecular complexity index is 4750. The molecule has 14 rings (SSSR count). The highest BCUT2D eigenvalue weighted by molar-refractivity contribution is 9.09. The Hall–Kier alpha value is -11.1. The van der Waals surface area contributed by atoms with Crippen LogP contribution in [0.15, 0.2) is 206 Å². The summed E-state index contributed by atoms with van der Waals surface area (Å²) in [5, 5.41) is 69.0. The van der Waals surface area contributed by atoms with E-state index in [1.165, 1.54) is 73.4 Å². The number of hydrogen-bond donors (Lipinski definition) is 9. The number of allylic oxidation sites excluding steroid dienone is 1. The van der Waals surface area contributed by atoms with Gasteiger partial charge >= 0.3 is 42.9 Å². The highest BCUT2D eigenvalue weighted by atomic mass is 79.9. The summed E-state index contributed by atoms with van der Waals surface area (Å²) in [6, 6.07) is 59.3. The number of benzene rings is 6. The average molecular weight is 2080 g/mol. The third-order valence-electron chi connectivity index (χ3n) is 24.3. The van der Waals surface area contributed by atoms with Gasteiger partial charge in [-0.1, -0.05) is 198 Å². The van der Waals surface area contributed by atoms with E-state index in [0.717, 1.165) is 89.4 Å². The van der Waals surface area contributed by atoms with Gasteiger partial charge in [-0.2, -0.15) is 0 Å². The molecule has 8 heterocycles. The predicted octanol–water partition coefficient (Wildman–Crippen LogP) is 7.99. The second-order valence-electron chi connectivity index (χ2n) is 35.7. The highest BCUT2D eigenvalue weighted by Gasteiger charge is 2.43. The largest absolute Gasteiger partial charge is 0.466 e. The summed E-state index contributed by atoms with van der Waals surface area (Å²) in [5.41, 5.74) is 18.4. The Kier molecular flexibility index (Phi) is 62.7. The van der Waals surface area contributed by atoms with E-state index >= 15 is 0 Å². The molecule has 790 valence electrons. The second kappa shape index (κ2) is 73.1. The number of aliphatic hydroxyl groups is 2. The SMILES string of the molecule is CB(O)NC1CN2CCC1C2.CCOC(=O)/C=C/CBr.CCOC(=O)/C=C/CNCc1ccccc1.CCOC(=O)C[C@H]1CN(Cc2ccccc2)C[C@@H]1N.CCOC(=O)C[C@H]1CN(Cc2ccccc2)C[C@@H]1[N+](=O)[O-].NC1CN2CCC1C2.O=C(OCC[N+](=O)[O-])c1ccccc1.O=[N+]([O-])CCO.[B]C(=O)NC1CN(Cc2ccccc2)C[C@@H]1CC(=O)OCC.[B]C(=O)NC1CN(Cc2ccccc2)C[C@@H]1CCO. The van der Waals surface area contributed by atoms with E-state index < -0.39 is 33.5 Å². The number of nitrogens with zero attached hydrogens (tertiary/aromatic N) is 9. The zero-order valence-corrected chi connectivity index (χ0v) is 86.1. The van der Waals surface area contributed by atoms with Crippen LogP contribution in [0.5, 0.6) is 0 Å². The van der Waals surface area contributed by atoms with Crippen molar-refractivity contribution in [3.63, 3.8) is 0 Å². The number of nitro groups is 3. The van der Waals surface area contributed by atoms with Gasteiger partial charge in [0.1, 0.15) is 6.61 Å². The van der Waals surface area contributed by atoms with Gasteiger partial charge in [0.05, 0.1) is 70.3 Å². The van der Waals surface area contributed by atoms with Crippen LogP contribution in [0, 0.1) is 65.9 Å². The van der Waals surface area contributed by atoms with Gasteiger partial charge in [0.15, 0.2) is 18.2 Å². The zero-order valence-electron chi connectivity index (χ0n) is 84.5. The van der Waals surface area contributed by atoms with Crippen LogP contribution in [0.1, 0.15) is 111 Å². The van der Waals surface area contributed by atoms with Crippen LogP contribution in [0.4, 0.5) is 9.59 Å². The van der Waals surface area contributed by atoms with E-state index in [0.29, 0.717) is 108 Å². The summed E-state index contributed by atoms with van der Waals surface area (Å²) in [5.74, 6) is -1.00. The Morgan fingerprint density at radius 2 is 0.848 bits per heavy atom. The van der Waals surface area contributed by atoms with Crippen LogP contribution < -0.4 is 32.6 Å². The van der Waals surface area contributed by atoms with E-state index in [-0.39, 0.29) is 123 Å². The fourth-order valence-electron chi connectivity index (χ4n) is 17.7. The van der Waals surface area contributed by atoms with Crippen molar-refractivity contribution < 1.29 is 96.8 Å². The molecule has 0 spiro atoms. The molecule has 0 aromatic heterocycles. The summed E-state index contributed by atoms with van der Waals surface area (Å²) < 4.78 is 28.9. The summed E-state index contributed by atoms with van der Waals surface area (Å²) in [4.78, 5) is 132. The maximum absolute atomic E-state index is 11.7. The van der Waals surface area contributed by atoms with E-state index in [4.69, 9.17) is 61.3 Å². The lowest BCUT2D eigenvalue weighted by molar-refractivity contribution is -0.525. The quantitative estimate of drug-likeness (QED) is 0.00258. The Morgan fingerprint density at radius 3 is 1.22 bits per heavy atom. The molecule has 0 saturated carbocycles. The van der Waals surface area contributed by atoms with Crippen LogP contribution in [-0.4, -0.2) is 335 Å². The first-order valence-corrected chi connectivity index (χ1v) is 50.7. The molecule has 42 heteroatoms. The first-order valence-electron chi connectivity index (χ1n) is 49.6. The van der Waals surface area contributed by atoms with Crippen molar-refractivity contribution in [2.75, 3.05) is 169 Å². The van der Waals surface area contributed by atoms with Gasteiger partial charge in [0, 0.05) is 186 Å². The average Bonchev–Trinajstić information content (AvgIpc) is 1.64. The first-order chi connectivity index (χ1) is 69.8. The molecular weight excluding hydrogens is 1930 g/mol. The van der Waals surface area contributed by atoms with Crippen LogP contribution in [-0.2, 0) is 85.1 Å². The van der Waals surface area contributed by atoms with Gasteiger partial charge in [0.25, 0.3) is 0 Å². The van der Waals surface area contributed by atoms with Gasteiger partial charge < -0.3 is 86.1 Å². The van der Waals surface area contributed by atoms with Crippen molar-refractivity contribution in [2.24, 2.45) is 47.0 Å². The van der Waals surface area contributed by atoms with E-state index in [1.807, 2.05) is 115 Å². The summed E-state index contributed by atoms with van der Waals surface area (Å²) >= 11 is 3.13. The number of aliphatic hydroxyl groups excluding tert-OH is 2. The fraction of sp³-hybridized carbons (Fsp3) is 0.534. The topological polar surface area (TPSA) is 502 Å². The number of nitrogens with one attached hydrogen (secondary N) is 4. The number of ether oxygens (including phenoxy) is 6. The molecule has 0 aliphatic carbocycles. The van der Waals surface area contributed by atoms with Gasteiger partial charge in [-0.25, -0.2) is 14.4 Å². The lowest BCUT2D eigenvalue weighted by Gasteiger charge is -2.23. The second-order valence-corrected chi connectivity index (χ2v) is 36.3. The van der Waals surface area contributed by atoms with Crippen molar-refractivity contribution in [1.82, 2.24) is 50.6 Å². The number of alkyl halides is 1. The van der Waals surface area contributed by atoms with Gasteiger partial charge in [-0.3, -0.25) is 73.9 Å². The molecule has 8 aliphatic rings. The van der Waals surface area contributed by atoms with Gasteiger partial charge in [-0.15, -0.1) is 0 Å². The molecule has 4 radical (unpaired) electrons. The molecule has 11 N–H and O–H groups in total. The third kappa shape index (κ3) is 53.7. The molecule has 8 fully saturated rings. The van der Waals surface area contributed by atoms with Gasteiger partial charge in [-0.05, 0) is 137 Å². The lowest BCUT2D eigenvalue weighted by Crippen LogP contribution is -2.46. The molecule has 4 bridgehead atoms. The maximum atomic E-state index is 11.7. The Morgan fingerprint density at radius 1 is 0.455 bits per heavy atom. The molecule has 6 aromatic carbocycles. The van der Waals surface area contributed by atoms with Crippen LogP contribution >= 0.6 is 15.9 Å². The smallest absolute Gasteiger partial charge is 0.373 e. The minimum atomic E-state index is -0.696. The van der Waals surface area contributed by atoms with Crippen molar-refractivity contribution in [3.05, 3.63) is 270 Å². The summed E-state index contributed by atoms with van der Waals surface area (Å²) in [6.45, 7) is 29.3. The summed E-state index contributed by atoms with van der Waals surface area (Å²) in [7, 11) is 10.1. The molecule has 145 heavy (non-hydrogen) atoms. The monoisotopic (exact) mass is 2080 g/mol. The van der Waals surface area contributed by atoms with Crippen molar-refractivity contribution >= 4 is 86.1 Å². The lowest BCUT2D eigenvalue weighted by atomic mass is 9.84. The van der Waals surface area contributed by atoms with E-state index in [2.05, 4.69) is 120 Å². The number of esters is 6. The zero-order chi connectivity index (χ0) is 106. The maximum Gasteiger partial charge on any atom is 0.373 e. The highest BCUT2D eigenvalue weighted by Crippen LogP contribution is 2.31. The first kappa shape index (κ1) is 124. The molecule has 38 nitrogen and oxygen atoms in total. The predicted molar refractivity (Wildman–Crippen MR) is 560 cm³/mol.